The van der Waals surface area contributed by atoms with Crippen LogP contribution < -0.4 is 5.32 Å². The molecule has 3 heterocycles. The summed E-state index contributed by atoms with van der Waals surface area (Å²) in [4.78, 5) is 2.63. The number of nitrogens with one attached hydrogen (secondary N) is 1. The Kier molecular flexibility index (Phi) is 3.95. The molecule has 23 heavy (non-hydrogen) atoms. The van der Waals surface area contributed by atoms with Crippen molar-refractivity contribution in [2.24, 2.45) is 7.05 Å². The van der Waals surface area contributed by atoms with Crippen LogP contribution in [-0.2, 0) is 13.6 Å². The zero-order chi connectivity index (χ0) is 15.8. The van der Waals surface area contributed by atoms with Crippen LogP contribution in [0.5, 0.6) is 0 Å². The maximum absolute atomic E-state index is 4.35. The lowest BCUT2D eigenvalue weighted by atomic mass is 10.0. The molecule has 2 bridgehead atoms. The van der Waals surface area contributed by atoms with Crippen LogP contribution in [0, 0.1) is 6.92 Å². The van der Waals surface area contributed by atoms with Gasteiger partial charge in [-0.3, -0.25) is 9.58 Å². The highest BCUT2D eigenvalue weighted by Gasteiger charge is 2.29. The SMILES string of the molecule is Cc1ccc(CN2CCC3CCC(C2)N3)c(-c2ccnn2C)c1. The Balaban J connectivity index is 1.60. The second-order valence-electron chi connectivity index (χ2n) is 7.16. The fraction of sp³-hybridized carbons (Fsp3) is 0.526. The molecule has 122 valence electrons. The van der Waals surface area contributed by atoms with Gasteiger partial charge in [-0.05, 0) is 43.9 Å². The van der Waals surface area contributed by atoms with Crippen molar-refractivity contribution < 1.29 is 0 Å². The van der Waals surface area contributed by atoms with E-state index in [2.05, 4.69) is 46.5 Å². The highest BCUT2D eigenvalue weighted by Crippen LogP contribution is 2.27. The average molecular weight is 310 g/mol. The van der Waals surface area contributed by atoms with Gasteiger partial charge >= 0.3 is 0 Å². The summed E-state index contributed by atoms with van der Waals surface area (Å²) in [6, 6.07) is 10.4. The van der Waals surface area contributed by atoms with Crippen LogP contribution in [0.1, 0.15) is 30.4 Å². The summed E-state index contributed by atoms with van der Waals surface area (Å²) in [6.07, 6.45) is 5.87. The first-order valence-corrected chi connectivity index (χ1v) is 8.75. The molecule has 2 aliphatic heterocycles. The van der Waals surface area contributed by atoms with E-state index in [1.165, 1.54) is 54.7 Å². The van der Waals surface area contributed by atoms with Crippen LogP contribution in [-0.4, -0.2) is 39.9 Å². The smallest absolute Gasteiger partial charge is 0.0682 e. The Morgan fingerprint density at radius 3 is 2.87 bits per heavy atom. The third kappa shape index (κ3) is 3.06. The first-order chi connectivity index (χ1) is 11.2. The zero-order valence-corrected chi connectivity index (χ0v) is 14.1. The lowest BCUT2D eigenvalue weighted by Crippen LogP contribution is -2.35. The van der Waals surface area contributed by atoms with Crippen LogP contribution in [0.4, 0.5) is 0 Å². The topological polar surface area (TPSA) is 33.1 Å². The van der Waals surface area contributed by atoms with Gasteiger partial charge in [0.25, 0.3) is 0 Å². The minimum Gasteiger partial charge on any atom is -0.310 e. The molecule has 4 heteroatoms. The number of rotatable bonds is 3. The highest BCUT2D eigenvalue weighted by atomic mass is 15.3. The normalized spacial score (nSPS) is 24.8. The Bertz CT molecular complexity index is 690. The van der Waals surface area contributed by atoms with Gasteiger partial charge in [0, 0.05) is 50.5 Å². The van der Waals surface area contributed by atoms with Crippen LogP contribution in [0.3, 0.4) is 0 Å². The van der Waals surface area contributed by atoms with E-state index in [4.69, 9.17) is 0 Å². The number of hydrogen-bond acceptors (Lipinski definition) is 3. The lowest BCUT2D eigenvalue weighted by Gasteiger charge is -2.25. The molecule has 2 saturated heterocycles. The summed E-state index contributed by atoms with van der Waals surface area (Å²) in [5.41, 5.74) is 5.25. The minimum atomic E-state index is 0.688. The third-order valence-corrected chi connectivity index (χ3v) is 5.36. The molecule has 0 spiro atoms. The molecule has 2 atom stereocenters. The van der Waals surface area contributed by atoms with Gasteiger partial charge in [-0.2, -0.15) is 5.10 Å². The molecule has 1 aromatic heterocycles. The maximum Gasteiger partial charge on any atom is 0.0682 e. The maximum atomic E-state index is 4.35. The van der Waals surface area contributed by atoms with Crippen molar-refractivity contribution in [3.05, 3.63) is 41.6 Å². The van der Waals surface area contributed by atoms with Crippen LogP contribution >= 0.6 is 0 Å². The molecule has 1 N–H and O–H groups in total. The summed E-state index contributed by atoms with van der Waals surface area (Å²) < 4.78 is 1.98. The molecule has 2 aliphatic rings. The van der Waals surface area contributed by atoms with Gasteiger partial charge in [-0.15, -0.1) is 0 Å². The largest absolute Gasteiger partial charge is 0.310 e. The fourth-order valence-electron chi connectivity index (χ4n) is 4.10. The van der Waals surface area contributed by atoms with Crippen molar-refractivity contribution in [2.75, 3.05) is 13.1 Å². The van der Waals surface area contributed by atoms with E-state index in [1.54, 1.807) is 0 Å². The average Bonchev–Trinajstić information content (AvgIpc) is 3.09. The van der Waals surface area contributed by atoms with Gasteiger partial charge in [0.05, 0.1) is 5.69 Å². The summed E-state index contributed by atoms with van der Waals surface area (Å²) in [5.74, 6) is 0. The third-order valence-electron chi connectivity index (χ3n) is 5.36. The molecule has 0 aliphatic carbocycles. The van der Waals surface area contributed by atoms with E-state index in [9.17, 15) is 0 Å². The van der Waals surface area contributed by atoms with Crippen molar-refractivity contribution in [2.45, 2.75) is 44.8 Å². The standard InChI is InChI=1S/C19H26N4/c1-14-3-4-15(18(11-14)19-7-9-20-22(19)2)12-23-10-8-16-5-6-17(13-23)21-16/h3-4,7,9,11,16-17,21H,5-6,8,10,12-13H2,1-2H3. The quantitative estimate of drug-likeness (QED) is 0.946. The Morgan fingerprint density at radius 1 is 1.17 bits per heavy atom. The summed E-state index contributed by atoms with van der Waals surface area (Å²) in [5, 5.41) is 8.12. The molecule has 2 aromatic rings. The van der Waals surface area contributed by atoms with Crippen molar-refractivity contribution in [3.63, 3.8) is 0 Å². The number of fused-ring (bicyclic) bond motifs is 2. The van der Waals surface area contributed by atoms with Gasteiger partial charge < -0.3 is 5.32 Å². The van der Waals surface area contributed by atoms with Crippen LogP contribution in [0.2, 0.25) is 0 Å². The van der Waals surface area contributed by atoms with Gasteiger partial charge in [-0.25, -0.2) is 0 Å². The number of nitrogens with zero attached hydrogens (tertiary/aromatic N) is 3. The van der Waals surface area contributed by atoms with Crippen LogP contribution in [0.25, 0.3) is 11.3 Å². The van der Waals surface area contributed by atoms with E-state index in [0.717, 1.165) is 12.6 Å². The Labute approximate surface area is 138 Å². The van der Waals surface area contributed by atoms with Gasteiger partial charge in [-0.1, -0.05) is 17.7 Å². The molecule has 4 rings (SSSR count). The molecule has 2 unspecified atom stereocenters. The minimum absolute atomic E-state index is 0.688. The highest BCUT2D eigenvalue weighted by molar-refractivity contribution is 5.64. The van der Waals surface area contributed by atoms with Crippen LogP contribution in [0.15, 0.2) is 30.5 Å². The molecule has 4 nitrogen and oxygen atoms in total. The van der Waals surface area contributed by atoms with Crippen molar-refractivity contribution >= 4 is 0 Å². The van der Waals surface area contributed by atoms with E-state index in [0.29, 0.717) is 6.04 Å². The second kappa shape index (κ2) is 6.10. The molecule has 0 saturated carbocycles. The van der Waals surface area contributed by atoms with E-state index >= 15 is 0 Å². The molecule has 2 fully saturated rings. The first kappa shape index (κ1) is 14.9. The monoisotopic (exact) mass is 310 g/mol. The summed E-state index contributed by atoms with van der Waals surface area (Å²) >= 11 is 0. The zero-order valence-electron chi connectivity index (χ0n) is 14.1. The van der Waals surface area contributed by atoms with E-state index in [1.807, 2.05) is 17.9 Å². The number of benzene rings is 1. The second-order valence-corrected chi connectivity index (χ2v) is 7.16. The molecule has 1 aromatic carbocycles. The Hall–Kier alpha value is -1.65. The van der Waals surface area contributed by atoms with Crippen molar-refractivity contribution in [1.29, 1.82) is 0 Å². The van der Waals surface area contributed by atoms with Crippen molar-refractivity contribution in [1.82, 2.24) is 20.0 Å². The predicted octanol–water partition coefficient (Wildman–Crippen LogP) is 2.72. The van der Waals surface area contributed by atoms with Gasteiger partial charge in [0.2, 0.25) is 0 Å². The van der Waals surface area contributed by atoms with Crippen molar-refractivity contribution in [3.8, 4) is 11.3 Å². The lowest BCUT2D eigenvalue weighted by molar-refractivity contribution is 0.251. The van der Waals surface area contributed by atoms with Gasteiger partial charge in [0.15, 0.2) is 0 Å². The fourth-order valence-corrected chi connectivity index (χ4v) is 4.10. The number of aromatic nitrogens is 2. The number of likely N-dealkylation sites (tertiary alicyclic amines) is 1. The summed E-state index contributed by atoms with van der Waals surface area (Å²) in [6.45, 7) is 5.58. The molecule has 0 amide bonds. The predicted molar refractivity (Wildman–Crippen MR) is 93.2 cm³/mol. The number of aryl methyl sites for hydroxylation is 2. The summed E-state index contributed by atoms with van der Waals surface area (Å²) in [7, 11) is 2.02. The molecular formula is C19H26N4. The van der Waals surface area contributed by atoms with E-state index in [-0.39, 0.29) is 0 Å². The Morgan fingerprint density at radius 2 is 2.04 bits per heavy atom. The number of hydrogen-bond donors (Lipinski definition) is 1. The first-order valence-electron chi connectivity index (χ1n) is 8.75. The molecular weight excluding hydrogens is 284 g/mol. The molecule has 0 radical (unpaired) electrons. The van der Waals surface area contributed by atoms with Gasteiger partial charge in [0.1, 0.15) is 0 Å². The van der Waals surface area contributed by atoms with E-state index < -0.39 is 0 Å².